The molecule has 0 saturated carbocycles. The summed E-state index contributed by atoms with van der Waals surface area (Å²) < 4.78 is 1.86. The van der Waals surface area contributed by atoms with Gasteiger partial charge in [0.15, 0.2) is 0 Å². The van der Waals surface area contributed by atoms with Crippen molar-refractivity contribution in [3.63, 3.8) is 0 Å². The molecule has 1 aliphatic carbocycles. The highest BCUT2D eigenvalue weighted by molar-refractivity contribution is 5.51. The maximum absolute atomic E-state index is 11.4. The van der Waals surface area contributed by atoms with Crippen molar-refractivity contribution in [3.05, 3.63) is 33.4 Å². The average molecular weight is 203 g/mol. The molecule has 1 N–H and O–H groups in total. The van der Waals surface area contributed by atoms with Crippen LogP contribution in [0.25, 0.3) is 5.65 Å². The van der Waals surface area contributed by atoms with Crippen molar-refractivity contribution in [1.82, 2.24) is 14.6 Å². The Balaban J connectivity index is 2.42. The van der Waals surface area contributed by atoms with E-state index in [0.29, 0.717) is 0 Å². The summed E-state index contributed by atoms with van der Waals surface area (Å²) in [4.78, 5) is 14.3. The fraction of sp³-hybridized carbons (Fsp3) is 0.455. The van der Waals surface area contributed by atoms with Crippen LogP contribution in [0.1, 0.15) is 29.8 Å². The second-order valence-electron chi connectivity index (χ2n) is 4.17. The molecule has 78 valence electrons. The lowest BCUT2D eigenvalue weighted by Crippen LogP contribution is -2.10. The van der Waals surface area contributed by atoms with E-state index in [2.05, 4.69) is 10.1 Å². The fourth-order valence-electron chi connectivity index (χ4n) is 2.34. The Kier molecular flexibility index (Phi) is 1.71. The van der Waals surface area contributed by atoms with Gasteiger partial charge >= 0.3 is 0 Å². The minimum absolute atomic E-state index is 0.0340. The minimum Gasteiger partial charge on any atom is -0.307 e. The number of hydrogen-bond acceptors (Lipinski definition) is 2. The normalized spacial score (nSPS) is 15.5. The average Bonchev–Trinajstić information content (AvgIpc) is 2.57. The third kappa shape index (κ3) is 1.21. The van der Waals surface area contributed by atoms with E-state index in [1.54, 1.807) is 6.07 Å². The zero-order chi connectivity index (χ0) is 10.4. The summed E-state index contributed by atoms with van der Waals surface area (Å²) in [6, 6.07) is 1.59. The van der Waals surface area contributed by atoms with E-state index in [1.807, 2.05) is 11.4 Å². The molecule has 0 saturated heterocycles. The lowest BCUT2D eigenvalue weighted by Gasteiger charge is -2.07. The third-order valence-electron chi connectivity index (χ3n) is 3.07. The summed E-state index contributed by atoms with van der Waals surface area (Å²) in [7, 11) is 0. The van der Waals surface area contributed by atoms with Crippen LogP contribution in [0.15, 0.2) is 10.9 Å². The maximum atomic E-state index is 11.4. The molecule has 0 amide bonds. The summed E-state index contributed by atoms with van der Waals surface area (Å²) in [5, 5.41) is 4.54. The molecular formula is C11H13N3O. The van der Waals surface area contributed by atoms with Gasteiger partial charge in [0.1, 0.15) is 5.65 Å². The first kappa shape index (κ1) is 8.71. The first-order valence-corrected chi connectivity index (χ1v) is 5.36. The van der Waals surface area contributed by atoms with Crippen LogP contribution >= 0.6 is 0 Å². The van der Waals surface area contributed by atoms with Crippen LogP contribution in [0.4, 0.5) is 0 Å². The minimum atomic E-state index is -0.0340. The van der Waals surface area contributed by atoms with E-state index in [4.69, 9.17) is 0 Å². The fourth-order valence-corrected chi connectivity index (χ4v) is 2.34. The SMILES string of the molecule is Cc1cc(=O)[nH]c2c3c(nn12)CCCC3. The number of hydrogen-bond donors (Lipinski definition) is 1. The Morgan fingerprint density at radius 3 is 3.07 bits per heavy atom. The van der Waals surface area contributed by atoms with Gasteiger partial charge in [0.2, 0.25) is 0 Å². The first-order chi connectivity index (χ1) is 7.25. The molecule has 4 nitrogen and oxygen atoms in total. The summed E-state index contributed by atoms with van der Waals surface area (Å²) in [5.74, 6) is 0. The predicted molar refractivity (Wildman–Crippen MR) is 57.2 cm³/mol. The predicted octanol–water partition coefficient (Wildman–Crippen LogP) is 1.21. The lowest BCUT2D eigenvalue weighted by atomic mass is 9.98. The van der Waals surface area contributed by atoms with E-state index >= 15 is 0 Å². The van der Waals surface area contributed by atoms with Crippen LogP contribution in [0.2, 0.25) is 0 Å². The van der Waals surface area contributed by atoms with E-state index in [1.165, 1.54) is 18.4 Å². The molecule has 2 aromatic rings. The van der Waals surface area contributed by atoms with Crippen LogP contribution in [0.3, 0.4) is 0 Å². The highest BCUT2D eigenvalue weighted by Gasteiger charge is 2.17. The van der Waals surface area contributed by atoms with Crippen LogP contribution in [0.5, 0.6) is 0 Å². The van der Waals surface area contributed by atoms with E-state index in [-0.39, 0.29) is 5.56 Å². The van der Waals surface area contributed by atoms with Crippen molar-refractivity contribution < 1.29 is 0 Å². The van der Waals surface area contributed by atoms with Crippen LogP contribution < -0.4 is 5.56 Å². The molecule has 15 heavy (non-hydrogen) atoms. The molecule has 4 heteroatoms. The summed E-state index contributed by atoms with van der Waals surface area (Å²) in [6.07, 6.45) is 4.49. The van der Waals surface area contributed by atoms with Gasteiger partial charge in [-0.25, -0.2) is 4.52 Å². The molecule has 0 fully saturated rings. The molecule has 0 spiro atoms. The Morgan fingerprint density at radius 1 is 1.40 bits per heavy atom. The molecule has 0 unspecified atom stereocenters. The van der Waals surface area contributed by atoms with Crippen LogP contribution in [-0.2, 0) is 12.8 Å². The van der Waals surface area contributed by atoms with E-state index in [0.717, 1.165) is 29.9 Å². The van der Waals surface area contributed by atoms with Gasteiger partial charge in [-0.15, -0.1) is 0 Å². The van der Waals surface area contributed by atoms with E-state index < -0.39 is 0 Å². The number of aryl methyl sites for hydroxylation is 3. The zero-order valence-corrected chi connectivity index (χ0v) is 8.71. The number of rotatable bonds is 0. The van der Waals surface area contributed by atoms with Crippen LogP contribution in [0, 0.1) is 6.92 Å². The third-order valence-corrected chi connectivity index (χ3v) is 3.07. The molecular weight excluding hydrogens is 190 g/mol. The van der Waals surface area contributed by atoms with Crippen molar-refractivity contribution in [2.45, 2.75) is 32.6 Å². The second-order valence-corrected chi connectivity index (χ2v) is 4.17. The van der Waals surface area contributed by atoms with Crippen molar-refractivity contribution in [2.24, 2.45) is 0 Å². The van der Waals surface area contributed by atoms with Gasteiger partial charge < -0.3 is 4.98 Å². The Bertz CT molecular complexity index is 579. The van der Waals surface area contributed by atoms with Crippen LogP contribution in [-0.4, -0.2) is 14.6 Å². The number of nitrogens with one attached hydrogen (secondary N) is 1. The van der Waals surface area contributed by atoms with Crippen molar-refractivity contribution >= 4 is 5.65 Å². The number of H-pyrrole nitrogens is 1. The molecule has 0 aromatic carbocycles. The van der Waals surface area contributed by atoms with Gasteiger partial charge in [-0.2, -0.15) is 5.10 Å². The van der Waals surface area contributed by atoms with Gasteiger partial charge in [0.25, 0.3) is 5.56 Å². The van der Waals surface area contributed by atoms with Crippen molar-refractivity contribution in [3.8, 4) is 0 Å². The monoisotopic (exact) mass is 203 g/mol. The Hall–Kier alpha value is -1.58. The Morgan fingerprint density at radius 2 is 2.20 bits per heavy atom. The first-order valence-electron chi connectivity index (χ1n) is 5.36. The summed E-state index contributed by atoms with van der Waals surface area (Å²) in [5.41, 5.74) is 4.17. The maximum Gasteiger partial charge on any atom is 0.251 e. The van der Waals surface area contributed by atoms with Gasteiger partial charge in [-0.1, -0.05) is 0 Å². The quantitative estimate of drug-likeness (QED) is 0.699. The smallest absolute Gasteiger partial charge is 0.251 e. The summed E-state index contributed by atoms with van der Waals surface area (Å²) in [6.45, 7) is 1.92. The summed E-state index contributed by atoms with van der Waals surface area (Å²) >= 11 is 0. The standard InChI is InChI=1S/C11H13N3O/c1-7-6-10(15)12-11-8-4-2-3-5-9(8)13-14(7)11/h6H,2-5H2,1H3,(H,12,15). The molecule has 0 bridgehead atoms. The second kappa shape index (κ2) is 2.95. The Labute approximate surface area is 86.9 Å². The van der Waals surface area contributed by atoms with Gasteiger partial charge in [0.05, 0.1) is 5.69 Å². The molecule has 3 rings (SSSR count). The molecule has 2 heterocycles. The molecule has 1 aliphatic rings. The molecule has 0 radical (unpaired) electrons. The van der Waals surface area contributed by atoms with E-state index in [9.17, 15) is 4.79 Å². The molecule has 0 atom stereocenters. The van der Waals surface area contributed by atoms with Crippen molar-refractivity contribution in [2.75, 3.05) is 0 Å². The van der Waals surface area contributed by atoms with Gasteiger partial charge in [-0.3, -0.25) is 4.79 Å². The highest BCUT2D eigenvalue weighted by atomic mass is 16.1. The number of nitrogens with zero attached hydrogens (tertiary/aromatic N) is 2. The molecule has 0 aliphatic heterocycles. The van der Waals surface area contributed by atoms with Gasteiger partial charge in [-0.05, 0) is 32.6 Å². The highest BCUT2D eigenvalue weighted by Crippen LogP contribution is 2.23. The number of fused-ring (bicyclic) bond motifs is 3. The largest absolute Gasteiger partial charge is 0.307 e. The lowest BCUT2D eigenvalue weighted by molar-refractivity contribution is 0.672. The van der Waals surface area contributed by atoms with Crippen molar-refractivity contribution in [1.29, 1.82) is 0 Å². The number of aromatic nitrogens is 3. The topological polar surface area (TPSA) is 50.2 Å². The molecule has 2 aromatic heterocycles. The van der Waals surface area contributed by atoms with Gasteiger partial charge in [0, 0.05) is 17.3 Å². The zero-order valence-electron chi connectivity index (χ0n) is 8.71. The number of aromatic amines is 1.